The first kappa shape index (κ1) is 17.4. The van der Waals surface area contributed by atoms with Crippen molar-refractivity contribution < 1.29 is 8.85 Å². The number of nitrogens with two attached hydrogens (primary N) is 2. The topological polar surface area (TPSA) is 70.5 Å². The van der Waals surface area contributed by atoms with Gasteiger partial charge in [-0.1, -0.05) is 18.2 Å². The number of ether oxygens (including phenoxy) is 1. The van der Waals surface area contributed by atoms with E-state index < -0.39 is 22.6 Å². The molecule has 1 aromatic carbocycles. The molecule has 6 heteroatoms. The summed E-state index contributed by atoms with van der Waals surface area (Å²) in [6.07, 6.45) is 1.58. The first-order valence-corrected chi connectivity index (χ1v) is 12.8. The summed E-state index contributed by atoms with van der Waals surface area (Å²) in [5.41, 5.74) is 12.5. The van der Waals surface area contributed by atoms with Crippen molar-refractivity contribution >= 4 is 17.4 Å². The number of hydrogen-bond acceptors (Lipinski definition) is 4. The SMILES string of the molecule is C[SiH](O[Si](C)(C)C)C(N)(N)CCCOc1ccccc1. The summed E-state index contributed by atoms with van der Waals surface area (Å²) < 4.78 is 11.8. The summed E-state index contributed by atoms with van der Waals surface area (Å²) in [5, 5.41) is -0.666. The van der Waals surface area contributed by atoms with E-state index >= 15 is 0 Å². The minimum Gasteiger partial charge on any atom is -0.494 e. The van der Waals surface area contributed by atoms with Gasteiger partial charge in [-0.3, -0.25) is 0 Å². The fourth-order valence-corrected chi connectivity index (χ4v) is 7.66. The Morgan fingerprint density at radius 2 is 1.75 bits per heavy atom. The molecule has 20 heavy (non-hydrogen) atoms. The molecule has 1 atom stereocenters. The Bertz CT molecular complexity index is 394. The minimum atomic E-state index is -1.59. The van der Waals surface area contributed by atoms with Gasteiger partial charge in [0.2, 0.25) is 0 Å². The van der Waals surface area contributed by atoms with E-state index in [1.165, 1.54) is 0 Å². The molecule has 0 saturated carbocycles. The van der Waals surface area contributed by atoms with Crippen LogP contribution < -0.4 is 16.2 Å². The molecule has 0 aliphatic carbocycles. The third-order valence-electron chi connectivity index (χ3n) is 3.05. The maximum Gasteiger partial charge on any atom is 0.195 e. The van der Waals surface area contributed by atoms with E-state index in [0.717, 1.165) is 18.6 Å². The van der Waals surface area contributed by atoms with E-state index in [1.807, 2.05) is 30.3 Å². The average Bonchev–Trinajstić information content (AvgIpc) is 2.34. The second kappa shape index (κ2) is 7.37. The predicted octanol–water partition coefficient (Wildman–Crippen LogP) is 2.20. The van der Waals surface area contributed by atoms with Crippen LogP contribution in [0.5, 0.6) is 5.75 Å². The lowest BCUT2D eigenvalue weighted by molar-refractivity contribution is 0.294. The standard InChI is InChI=1S/C14H28N2O2Si2/c1-19(18-20(2,3)4)14(15,16)11-8-12-17-13-9-6-5-7-10-13/h5-7,9-10,19H,8,11-12,15-16H2,1-4H3. The highest BCUT2D eigenvalue weighted by Crippen LogP contribution is 2.15. The number of hydrogen-bond donors (Lipinski definition) is 2. The van der Waals surface area contributed by atoms with Crippen LogP contribution in [0.3, 0.4) is 0 Å². The van der Waals surface area contributed by atoms with Gasteiger partial charge < -0.3 is 20.3 Å². The lowest BCUT2D eigenvalue weighted by Gasteiger charge is -2.34. The van der Waals surface area contributed by atoms with Crippen molar-refractivity contribution in [2.75, 3.05) is 6.61 Å². The van der Waals surface area contributed by atoms with Gasteiger partial charge in [0.1, 0.15) is 5.75 Å². The zero-order chi connectivity index (χ0) is 15.2. The molecule has 0 radical (unpaired) electrons. The number of para-hydroxylation sites is 1. The van der Waals surface area contributed by atoms with Gasteiger partial charge in [-0.25, -0.2) is 0 Å². The zero-order valence-corrected chi connectivity index (χ0v) is 15.2. The van der Waals surface area contributed by atoms with Crippen LogP contribution in [0.25, 0.3) is 0 Å². The summed E-state index contributed by atoms with van der Waals surface area (Å²) >= 11 is 0. The van der Waals surface area contributed by atoms with Gasteiger partial charge in [-0.15, -0.1) is 0 Å². The summed E-state index contributed by atoms with van der Waals surface area (Å²) in [6, 6.07) is 9.79. The van der Waals surface area contributed by atoms with Crippen LogP contribution in [0.1, 0.15) is 12.8 Å². The van der Waals surface area contributed by atoms with E-state index in [1.54, 1.807) is 0 Å². The first-order chi connectivity index (χ1) is 9.21. The van der Waals surface area contributed by atoms with Crippen molar-refractivity contribution in [3.05, 3.63) is 30.3 Å². The Morgan fingerprint density at radius 3 is 2.30 bits per heavy atom. The van der Waals surface area contributed by atoms with Crippen molar-refractivity contribution in [2.24, 2.45) is 11.5 Å². The lowest BCUT2D eigenvalue weighted by Crippen LogP contribution is -2.63. The maximum absolute atomic E-state index is 6.23. The molecule has 1 rings (SSSR count). The van der Waals surface area contributed by atoms with Gasteiger partial charge in [0.15, 0.2) is 17.4 Å². The molecule has 0 spiro atoms. The number of benzene rings is 1. The molecule has 0 amide bonds. The second-order valence-electron chi connectivity index (χ2n) is 6.25. The summed E-state index contributed by atoms with van der Waals surface area (Å²) in [7, 11) is -3.15. The summed E-state index contributed by atoms with van der Waals surface area (Å²) in [5.74, 6) is 0.885. The molecular weight excluding hydrogens is 284 g/mol. The second-order valence-corrected chi connectivity index (χ2v) is 13.8. The Labute approximate surface area is 125 Å². The minimum absolute atomic E-state index is 0.633. The van der Waals surface area contributed by atoms with Crippen molar-refractivity contribution in [2.45, 2.75) is 44.3 Å². The molecule has 0 aliphatic rings. The molecule has 0 aliphatic heterocycles. The van der Waals surface area contributed by atoms with Crippen LogP contribution >= 0.6 is 0 Å². The van der Waals surface area contributed by atoms with Gasteiger partial charge in [0.25, 0.3) is 0 Å². The Kier molecular flexibility index (Phi) is 6.41. The van der Waals surface area contributed by atoms with Crippen molar-refractivity contribution in [3.63, 3.8) is 0 Å². The average molecular weight is 313 g/mol. The van der Waals surface area contributed by atoms with Crippen LogP contribution in [-0.2, 0) is 4.12 Å². The van der Waals surface area contributed by atoms with Crippen LogP contribution in [0.15, 0.2) is 30.3 Å². The van der Waals surface area contributed by atoms with Gasteiger partial charge in [-0.2, -0.15) is 0 Å². The van der Waals surface area contributed by atoms with Gasteiger partial charge in [-0.05, 0) is 51.2 Å². The van der Waals surface area contributed by atoms with E-state index in [0.29, 0.717) is 6.61 Å². The fourth-order valence-electron chi connectivity index (χ4n) is 1.93. The van der Waals surface area contributed by atoms with E-state index in [9.17, 15) is 0 Å². The molecule has 0 bridgehead atoms. The monoisotopic (exact) mass is 312 g/mol. The molecule has 4 nitrogen and oxygen atoms in total. The van der Waals surface area contributed by atoms with Crippen molar-refractivity contribution in [3.8, 4) is 5.75 Å². The van der Waals surface area contributed by atoms with Gasteiger partial charge in [0, 0.05) is 0 Å². The lowest BCUT2D eigenvalue weighted by atomic mass is 10.2. The molecule has 0 saturated heterocycles. The summed E-state index contributed by atoms with van der Waals surface area (Å²) in [6.45, 7) is 9.24. The van der Waals surface area contributed by atoms with Gasteiger partial charge in [0.05, 0.1) is 11.9 Å². The molecular formula is C14H28N2O2Si2. The predicted molar refractivity (Wildman–Crippen MR) is 89.7 cm³/mol. The molecule has 0 fully saturated rings. The largest absolute Gasteiger partial charge is 0.494 e. The fraction of sp³-hybridized carbons (Fsp3) is 0.571. The third-order valence-corrected chi connectivity index (χ3v) is 9.10. The van der Waals surface area contributed by atoms with Gasteiger partial charge >= 0.3 is 0 Å². The first-order valence-electron chi connectivity index (χ1n) is 7.14. The smallest absolute Gasteiger partial charge is 0.195 e. The molecule has 4 N–H and O–H groups in total. The quantitative estimate of drug-likeness (QED) is 0.438. The van der Waals surface area contributed by atoms with Crippen LogP contribution in [0, 0.1) is 0 Å². The Morgan fingerprint density at radius 1 is 1.15 bits per heavy atom. The normalized spacial score (nSPS) is 14.1. The zero-order valence-electron chi connectivity index (χ0n) is 13.1. The van der Waals surface area contributed by atoms with Crippen LogP contribution in [-0.4, -0.2) is 29.3 Å². The van der Waals surface area contributed by atoms with Crippen molar-refractivity contribution in [1.29, 1.82) is 0 Å². The third kappa shape index (κ3) is 6.67. The van der Waals surface area contributed by atoms with E-state index in [-0.39, 0.29) is 0 Å². The van der Waals surface area contributed by atoms with Crippen LogP contribution in [0.2, 0.25) is 26.2 Å². The van der Waals surface area contributed by atoms with E-state index in [4.69, 9.17) is 20.3 Å². The van der Waals surface area contributed by atoms with Crippen LogP contribution in [0.4, 0.5) is 0 Å². The molecule has 0 aromatic heterocycles. The Hall–Kier alpha value is -0.666. The number of rotatable bonds is 8. The van der Waals surface area contributed by atoms with E-state index in [2.05, 4.69) is 26.2 Å². The molecule has 1 aromatic rings. The summed E-state index contributed by atoms with van der Waals surface area (Å²) in [4.78, 5) is 0. The maximum atomic E-state index is 6.23. The highest BCUT2D eigenvalue weighted by atomic mass is 28.4. The molecule has 0 heterocycles. The Balaban J connectivity index is 2.32. The molecule has 1 unspecified atom stereocenters. The highest BCUT2D eigenvalue weighted by Gasteiger charge is 2.33. The molecule has 114 valence electrons. The van der Waals surface area contributed by atoms with Crippen molar-refractivity contribution in [1.82, 2.24) is 0 Å². The highest BCUT2D eigenvalue weighted by molar-refractivity contribution is 6.77.